The number of fused-ring (bicyclic) bond motifs is 3. The van der Waals surface area contributed by atoms with Gasteiger partial charge in [0.1, 0.15) is 11.4 Å². The number of piperidine rings is 3. The zero-order valence-electron chi connectivity index (χ0n) is 13.6. The predicted octanol–water partition coefficient (Wildman–Crippen LogP) is 3.29. The van der Waals surface area contributed by atoms with Crippen molar-refractivity contribution in [3.8, 4) is 0 Å². The molecule has 1 N–H and O–H groups in total. The molecule has 4 aliphatic heterocycles. The Kier molecular flexibility index (Phi) is 3.40. The van der Waals surface area contributed by atoms with Gasteiger partial charge in [0.25, 0.3) is 6.02 Å². The Morgan fingerprint density at radius 2 is 2.16 bits per heavy atom. The van der Waals surface area contributed by atoms with E-state index in [0.29, 0.717) is 29.7 Å². The highest BCUT2D eigenvalue weighted by Crippen LogP contribution is 2.40. The molecule has 2 bridgehead atoms. The highest BCUT2D eigenvalue weighted by Gasteiger charge is 2.51. The summed E-state index contributed by atoms with van der Waals surface area (Å²) < 4.78 is 20.3. The number of halogens is 2. The lowest BCUT2D eigenvalue weighted by molar-refractivity contribution is -0.0829. The van der Waals surface area contributed by atoms with Gasteiger partial charge in [-0.3, -0.25) is 10.2 Å². The molecule has 1 spiro atoms. The second-order valence-electron chi connectivity index (χ2n) is 7.12. The molecule has 25 heavy (non-hydrogen) atoms. The van der Waals surface area contributed by atoms with Gasteiger partial charge < -0.3 is 4.74 Å². The third kappa shape index (κ3) is 2.47. The van der Waals surface area contributed by atoms with Gasteiger partial charge in [0.15, 0.2) is 5.82 Å². The van der Waals surface area contributed by atoms with Gasteiger partial charge in [0.05, 0.1) is 11.6 Å². The van der Waals surface area contributed by atoms with Crippen LogP contribution in [0.3, 0.4) is 0 Å². The minimum absolute atomic E-state index is 0.0998. The minimum Gasteiger partial charge on any atom is -0.455 e. The number of pyridine rings is 1. The van der Waals surface area contributed by atoms with Crippen molar-refractivity contribution >= 4 is 34.2 Å². The standard InChI is InChI=1S/C18H18ClFN4O/c19-14-2-1-11-7-15(21-8-13(11)16(14)20)23-17-22-9-18(25-17)10-24-5-3-12(18)4-6-24/h1-2,7-8,12H,3-6,9-10H2,(H,21,22,23)/t18-/m0/s1. The molecule has 6 rings (SSSR count). The van der Waals surface area contributed by atoms with E-state index >= 15 is 0 Å². The van der Waals surface area contributed by atoms with Gasteiger partial charge in [-0.15, -0.1) is 0 Å². The van der Waals surface area contributed by atoms with E-state index in [0.717, 1.165) is 11.9 Å². The highest BCUT2D eigenvalue weighted by atomic mass is 35.5. The number of ether oxygens (including phenoxy) is 1. The Morgan fingerprint density at radius 3 is 2.92 bits per heavy atom. The molecule has 7 heteroatoms. The number of nitrogens with zero attached hydrogens (tertiary/aromatic N) is 3. The smallest absolute Gasteiger partial charge is 0.291 e. The fraction of sp³-hybridized carbons (Fsp3) is 0.444. The minimum atomic E-state index is -0.445. The first-order chi connectivity index (χ1) is 12.1. The van der Waals surface area contributed by atoms with Crippen LogP contribution in [0, 0.1) is 11.7 Å². The molecule has 0 saturated carbocycles. The van der Waals surface area contributed by atoms with Crippen LogP contribution >= 0.6 is 11.6 Å². The zero-order chi connectivity index (χ0) is 17.0. The van der Waals surface area contributed by atoms with E-state index in [4.69, 9.17) is 16.3 Å². The molecule has 1 aromatic heterocycles. The van der Waals surface area contributed by atoms with Crippen molar-refractivity contribution in [3.63, 3.8) is 0 Å². The zero-order valence-corrected chi connectivity index (χ0v) is 14.4. The van der Waals surface area contributed by atoms with Gasteiger partial charge >= 0.3 is 0 Å². The van der Waals surface area contributed by atoms with Crippen LogP contribution in [0.5, 0.6) is 0 Å². The van der Waals surface area contributed by atoms with Gasteiger partial charge in [-0.1, -0.05) is 17.7 Å². The first-order valence-corrected chi connectivity index (χ1v) is 8.97. The van der Waals surface area contributed by atoms with Crippen LogP contribution in [0.4, 0.5) is 10.2 Å². The fourth-order valence-electron chi connectivity index (χ4n) is 4.28. The molecular formula is C18H18ClFN4O. The Hall–Kier alpha value is -1.92. The van der Waals surface area contributed by atoms with E-state index in [-0.39, 0.29) is 10.6 Å². The first-order valence-electron chi connectivity index (χ1n) is 8.60. The number of hydrogen-bond donors (Lipinski definition) is 1. The van der Waals surface area contributed by atoms with Crippen molar-refractivity contribution in [2.45, 2.75) is 18.4 Å². The number of amidine groups is 1. The van der Waals surface area contributed by atoms with Crippen molar-refractivity contribution in [1.29, 1.82) is 0 Å². The number of anilines is 1. The molecule has 130 valence electrons. The van der Waals surface area contributed by atoms with Gasteiger partial charge in [-0.05, 0) is 43.5 Å². The van der Waals surface area contributed by atoms with Crippen LogP contribution in [0.1, 0.15) is 12.8 Å². The van der Waals surface area contributed by atoms with Crippen molar-refractivity contribution < 1.29 is 9.13 Å². The number of rotatable bonds is 1. The molecule has 1 aromatic carbocycles. The van der Waals surface area contributed by atoms with Crippen molar-refractivity contribution in [2.75, 3.05) is 31.5 Å². The second-order valence-corrected chi connectivity index (χ2v) is 7.52. The summed E-state index contributed by atoms with van der Waals surface area (Å²) in [5, 5.41) is 4.38. The largest absolute Gasteiger partial charge is 0.455 e. The number of nitrogens with one attached hydrogen (secondary N) is 1. The van der Waals surface area contributed by atoms with Gasteiger partial charge in [-0.2, -0.15) is 0 Å². The lowest BCUT2D eigenvalue weighted by Crippen LogP contribution is -2.61. The quantitative estimate of drug-likeness (QED) is 0.847. The van der Waals surface area contributed by atoms with E-state index in [1.165, 1.54) is 32.1 Å². The molecule has 5 nitrogen and oxygen atoms in total. The first kappa shape index (κ1) is 15.3. The topological polar surface area (TPSA) is 49.8 Å². The second kappa shape index (κ2) is 5.54. The Morgan fingerprint density at radius 1 is 1.32 bits per heavy atom. The van der Waals surface area contributed by atoms with E-state index in [9.17, 15) is 4.39 Å². The van der Waals surface area contributed by atoms with Crippen LogP contribution < -0.4 is 5.32 Å². The average molecular weight is 361 g/mol. The van der Waals surface area contributed by atoms with E-state index in [1.807, 2.05) is 0 Å². The van der Waals surface area contributed by atoms with Gasteiger partial charge in [0, 0.05) is 24.0 Å². The molecule has 1 atom stereocenters. The molecule has 0 unspecified atom stereocenters. The normalized spacial score (nSPS) is 30.6. The summed E-state index contributed by atoms with van der Waals surface area (Å²) in [6.45, 7) is 3.97. The van der Waals surface area contributed by atoms with Crippen LogP contribution in [-0.4, -0.2) is 47.7 Å². The molecule has 4 aliphatic rings. The van der Waals surface area contributed by atoms with Crippen LogP contribution in [0.2, 0.25) is 5.02 Å². The third-order valence-electron chi connectivity index (χ3n) is 5.64. The van der Waals surface area contributed by atoms with Crippen molar-refractivity contribution in [2.24, 2.45) is 10.9 Å². The molecular weight excluding hydrogens is 343 g/mol. The summed E-state index contributed by atoms with van der Waals surface area (Å²) in [6.07, 6.45) is 3.84. The van der Waals surface area contributed by atoms with Crippen LogP contribution in [-0.2, 0) is 4.74 Å². The van der Waals surface area contributed by atoms with Gasteiger partial charge in [-0.25, -0.2) is 14.4 Å². The van der Waals surface area contributed by atoms with E-state index < -0.39 is 5.82 Å². The van der Waals surface area contributed by atoms with Crippen LogP contribution in [0.25, 0.3) is 10.8 Å². The molecule has 3 fully saturated rings. The number of hydrogen-bond acceptors (Lipinski definition) is 5. The van der Waals surface area contributed by atoms with E-state index in [1.54, 1.807) is 18.2 Å². The Balaban J connectivity index is 1.36. The number of aromatic nitrogens is 1. The monoisotopic (exact) mass is 360 g/mol. The van der Waals surface area contributed by atoms with Crippen LogP contribution in [0.15, 0.2) is 29.4 Å². The van der Waals surface area contributed by atoms with Crippen molar-refractivity contribution in [1.82, 2.24) is 9.88 Å². The maximum atomic E-state index is 14.0. The highest BCUT2D eigenvalue weighted by molar-refractivity contribution is 6.31. The summed E-state index contributed by atoms with van der Waals surface area (Å²) >= 11 is 5.82. The van der Waals surface area contributed by atoms with Gasteiger partial charge in [0.2, 0.25) is 0 Å². The molecule has 0 amide bonds. The summed E-state index contributed by atoms with van der Waals surface area (Å²) in [5.41, 5.74) is -0.185. The fourth-order valence-corrected chi connectivity index (χ4v) is 4.45. The summed E-state index contributed by atoms with van der Waals surface area (Å²) in [6, 6.07) is 5.62. The third-order valence-corrected chi connectivity index (χ3v) is 5.93. The maximum Gasteiger partial charge on any atom is 0.291 e. The maximum absolute atomic E-state index is 14.0. The lowest BCUT2D eigenvalue weighted by atomic mass is 9.75. The molecule has 2 aromatic rings. The summed E-state index contributed by atoms with van der Waals surface area (Å²) in [4.78, 5) is 11.3. The number of aliphatic imine (C=N–C) groups is 1. The SMILES string of the molecule is Fc1c(Cl)ccc2cc(NC3=NC[C@@]4(CN5CCC4CC5)O3)ncc12. The molecule has 5 heterocycles. The summed E-state index contributed by atoms with van der Waals surface area (Å²) in [5.74, 6) is 0.714. The molecule has 3 saturated heterocycles. The Bertz CT molecular complexity index is 881. The summed E-state index contributed by atoms with van der Waals surface area (Å²) in [7, 11) is 0. The average Bonchev–Trinajstić information content (AvgIpc) is 3.01. The predicted molar refractivity (Wildman–Crippen MR) is 95.6 cm³/mol. The van der Waals surface area contributed by atoms with Crippen molar-refractivity contribution in [3.05, 3.63) is 35.2 Å². The number of benzene rings is 1. The molecule has 0 radical (unpaired) electrons. The lowest BCUT2D eigenvalue weighted by Gasteiger charge is -2.50. The molecule has 0 aliphatic carbocycles. The van der Waals surface area contributed by atoms with E-state index in [2.05, 4.69) is 20.2 Å². The Labute approximate surface area is 149 Å².